The highest BCUT2D eigenvalue weighted by Gasteiger charge is 2.11. The van der Waals surface area contributed by atoms with Gasteiger partial charge in [0.1, 0.15) is 0 Å². The molecule has 2 aromatic heterocycles. The zero-order chi connectivity index (χ0) is 10.1. The van der Waals surface area contributed by atoms with Gasteiger partial charge in [-0.3, -0.25) is 0 Å². The van der Waals surface area contributed by atoms with E-state index in [1.807, 2.05) is 17.7 Å². The first kappa shape index (κ1) is 9.27. The summed E-state index contributed by atoms with van der Waals surface area (Å²) in [6.45, 7) is 4.08. The van der Waals surface area contributed by atoms with Crippen LogP contribution in [-0.4, -0.2) is 9.55 Å². The minimum Gasteiger partial charge on any atom is -0.369 e. The van der Waals surface area contributed by atoms with Crippen LogP contribution in [0.4, 0.5) is 5.95 Å². The number of rotatable bonds is 2. The fraction of sp³-hybridized carbons (Fsp3) is 0.300. The average Bonchev–Trinajstić information content (AvgIpc) is 2.73. The van der Waals surface area contributed by atoms with Crippen LogP contribution in [0.15, 0.2) is 23.0 Å². The van der Waals surface area contributed by atoms with E-state index in [1.165, 1.54) is 5.56 Å². The topological polar surface area (TPSA) is 43.8 Å². The maximum absolute atomic E-state index is 5.80. The Bertz CT molecular complexity index is 417. The third kappa shape index (κ3) is 1.53. The van der Waals surface area contributed by atoms with Crippen LogP contribution in [0.3, 0.4) is 0 Å². The predicted octanol–water partition coefficient (Wildman–Crippen LogP) is 2.44. The maximum Gasteiger partial charge on any atom is 0.200 e. The van der Waals surface area contributed by atoms with E-state index in [-0.39, 0.29) is 6.04 Å². The summed E-state index contributed by atoms with van der Waals surface area (Å²) in [6.07, 6.45) is 1.98. The van der Waals surface area contributed by atoms with E-state index in [1.54, 1.807) is 11.3 Å². The van der Waals surface area contributed by atoms with E-state index < -0.39 is 0 Å². The van der Waals surface area contributed by atoms with Crippen molar-refractivity contribution in [2.45, 2.75) is 19.9 Å². The lowest BCUT2D eigenvalue weighted by molar-refractivity contribution is 0.650. The van der Waals surface area contributed by atoms with E-state index in [9.17, 15) is 0 Å². The summed E-state index contributed by atoms with van der Waals surface area (Å²) < 4.78 is 2.00. The largest absolute Gasteiger partial charge is 0.369 e. The maximum atomic E-state index is 5.80. The van der Waals surface area contributed by atoms with Gasteiger partial charge in [-0.15, -0.1) is 0 Å². The van der Waals surface area contributed by atoms with Gasteiger partial charge in [-0.2, -0.15) is 11.3 Å². The van der Waals surface area contributed by atoms with Crippen molar-refractivity contribution in [1.29, 1.82) is 0 Å². The fourth-order valence-corrected chi connectivity index (χ4v) is 2.27. The third-order valence-electron chi connectivity index (χ3n) is 2.32. The molecule has 0 fully saturated rings. The normalized spacial score (nSPS) is 13.0. The lowest BCUT2D eigenvalue weighted by Crippen LogP contribution is -2.08. The van der Waals surface area contributed by atoms with Crippen LogP contribution in [0.1, 0.15) is 24.2 Å². The minimum absolute atomic E-state index is 0.266. The number of hydrogen-bond donors (Lipinski definition) is 1. The molecule has 74 valence electrons. The van der Waals surface area contributed by atoms with E-state index in [2.05, 4.69) is 28.7 Å². The molecule has 2 rings (SSSR count). The quantitative estimate of drug-likeness (QED) is 0.822. The van der Waals surface area contributed by atoms with Crippen LogP contribution in [-0.2, 0) is 0 Å². The van der Waals surface area contributed by atoms with Gasteiger partial charge in [-0.25, -0.2) is 4.98 Å². The number of aryl methyl sites for hydroxylation is 1. The van der Waals surface area contributed by atoms with Crippen LogP contribution in [0, 0.1) is 6.92 Å². The molecule has 0 spiro atoms. The second-order valence-corrected chi connectivity index (χ2v) is 4.16. The first-order chi connectivity index (χ1) is 6.68. The number of hydrogen-bond acceptors (Lipinski definition) is 3. The van der Waals surface area contributed by atoms with Gasteiger partial charge in [0.05, 0.1) is 11.7 Å². The molecule has 0 amide bonds. The van der Waals surface area contributed by atoms with Gasteiger partial charge in [0.2, 0.25) is 5.95 Å². The fourth-order valence-electron chi connectivity index (χ4n) is 1.52. The highest BCUT2D eigenvalue weighted by atomic mass is 32.1. The van der Waals surface area contributed by atoms with Gasteiger partial charge in [-0.05, 0) is 36.2 Å². The summed E-state index contributed by atoms with van der Waals surface area (Å²) in [7, 11) is 0. The standard InChI is InChI=1S/C10H13N3S/c1-7-5-13(10(11)12-7)8(2)9-3-4-14-6-9/h3-6,8H,1-2H3,(H2,11,12). The first-order valence-corrected chi connectivity index (χ1v) is 5.46. The summed E-state index contributed by atoms with van der Waals surface area (Å²) >= 11 is 1.70. The molecule has 4 heteroatoms. The van der Waals surface area contributed by atoms with Crippen LogP contribution < -0.4 is 5.73 Å². The van der Waals surface area contributed by atoms with Crippen molar-refractivity contribution in [2.24, 2.45) is 0 Å². The summed E-state index contributed by atoms with van der Waals surface area (Å²) in [4.78, 5) is 4.19. The number of anilines is 1. The second kappa shape index (κ2) is 3.46. The Kier molecular flexibility index (Phi) is 2.29. The van der Waals surface area contributed by atoms with Crippen LogP contribution >= 0.6 is 11.3 Å². The number of nitrogens with two attached hydrogens (primary N) is 1. The number of imidazole rings is 1. The molecule has 14 heavy (non-hydrogen) atoms. The summed E-state index contributed by atoms with van der Waals surface area (Å²) in [6, 6.07) is 2.38. The second-order valence-electron chi connectivity index (χ2n) is 3.38. The Balaban J connectivity index is 2.36. The van der Waals surface area contributed by atoms with E-state index in [0.717, 1.165) is 5.69 Å². The van der Waals surface area contributed by atoms with E-state index in [0.29, 0.717) is 5.95 Å². The van der Waals surface area contributed by atoms with Crippen molar-refractivity contribution >= 4 is 17.3 Å². The first-order valence-electron chi connectivity index (χ1n) is 4.51. The lowest BCUT2D eigenvalue weighted by Gasteiger charge is -2.12. The van der Waals surface area contributed by atoms with Crippen LogP contribution in [0.2, 0.25) is 0 Å². The zero-order valence-corrected chi connectivity index (χ0v) is 9.08. The number of nitrogens with zero attached hydrogens (tertiary/aromatic N) is 2. The molecule has 0 bridgehead atoms. The predicted molar refractivity (Wildman–Crippen MR) is 59.5 cm³/mol. The van der Waals surface area contributed by atoms with Crippen LogP contribution in [0.25, 0.3) is 0 Å². The Morgan fingerprint density at radius 1 is 1.57 bits per heavy atom. The number of nitrogen functional groups attached to an aromatic ring is 1. The Morgan fingerprint density at radius 3 is 2.86 bits per heavy atom. The van der Waals surface area contributed by atoms with Crippen molar-refractivity contribution in [1.82, 2.24) is 9.55 Å². The van der Waals surface area contributed by atoms with Crippen LogP contribution in [0.5, 0.6) is 0 Å². The highest BCUT2D eigenvalue weighted by molar-refractivity contribution is 7.07. The van der Waals surface area contributed by atoms with Gasteiger partial charge in [0, 0.05) is 6.20 Å². The van der Waals surface area contributed by atoms with Gasteiger partial charge in [-0.1, -0.05) is 0 Å². The molecule has 0 aliphatic rings. The molecular weight excluding hydrogens is 194 g/mol. The third-order valence-corrected chi connectivity index (χ3v) is 3.03. The van der Waals surface area contributed by atoms with Gasteiger partial charge in [0.15, 0.2) is 0 Å². The molecule has 0 aromatic carbocycles. The van der Waals surface area contributed by atoms with E-state index in [4.69, 9.17) is 5.73 Å². The monoisotopic (exact) mass is 207 g/mol. The zero-order valence-electron chi connectivity index (χ0n) is 8.27. The molecule has 1 atom stereocenters. The summed E-state index contributed by atoms with van der Waals surface area (Å²) in [5, 5.41) is 4.21. The molecule has 0 radical (unpaired) electrons. The van der Waals surface area contributed by atoms with Crippen molar-refractivity contribution in [3.8, 4) is 0 Å². The van der Waals surface area contributed by atoms with Crippen molar-refractivity contribution in [2.75, 3.05) is 5.73 Å². The summed E-state index contributed by atoms with van der Waals surface area (Å²) in [5.41, 5.74) is 8.04. The molecule has 1 unspecified atom stereocenters. The Labute approximate surface area is 87.2 Å². The van der Waals surface area contributed by atoms with E-state index >= 15 is 0 Å². The molecule has 3 nitrogen and oxygen atoms in total. The SMILES string of the molecule is Cc1cn(C(C)c2ccsc2)c(N)n1. The van der Waals surface area contributed by atoms with Crippen molar-refractivity contribution in [3.05, 3.63) is 34.3 Å². The smallest absolute Gasteiger partial charge is 0.200 e. The molecule has 2 N–H and O–H groups in total. The van der Waals surface area contributed by atoms with Gasteiger partial charge in [0.25, 0.3) is 0 Å². The molecule has 2 aromatic rings. The Morgan fingerprint density at radius 2 is 2.36 bits per heavy atom. The number of thiophene rings is 1. The van der Waals surface area contributed by atoms with Crippen molar-refractivity contribution < 1.29 is 0 Å². The molecule has 0 saturated heterocycles. The summed E-state index contributed by atoms with van der Waals surface area (Å²) in [5.74, 6) is 0.584. The molecule has 0 saturated carbocycles. The van der Waals surface area contributed by atoms with Gasteiger partial charge >= 0.3 is 0 Å². The minimum atomic E-state index is 0.266. The van der Waals surface area contributed by atoms with Crippen molar-refractivity contribution in [3.63, 3.8) is 0 Å². The average molecular weight is 207 g/mol. The lowest BCUT2D eigenvalue weighted by atomic mass is 10.2. The number of aromatic nitrogens is 2. The van der Waals surface area contributed by atoms with Gasteiger partial charge < -0.3 is 10.3 Å². The molecule has 0 aliphatic heterocycles. The highest BCUT2D eigenvalue weighted by Crippen LogP contribution is 2.23. The molecule has 2 heterocycles. The molecule has 0 aliphatic carbocycles. The molecular formula is C10H13N3S. The Hall–Kier alpha value is -1.29.